The summed E-state index contributed by atoms with van der Waals surface area (Å²) in [5.74, 6) is 0.259. The summed E-state index contributed by atoms with van der Waals surface area (Å²) in [5.41, 5.74) is 0.987. The number of ether oxygens (including phenoxy) is 2. The monoisotopic (exact) mass is 381 g/mol. The molecule has 1 aromatic carbocycles. The van der Waals surface area contributed by atoms with Crippen LogP contribution in [0.1, 0.15) is 31.9 Å². The molecule has 0 saturated carbocycles. The molecule has 2 amide bonds. The highest BCUT2D eigenvalue weighted by Crippen LogP contribution is 2.21. The van der Waals surface area contributed by atoms with Gasteiger partial charge >= 0.3 is 6.03 Å². The summed E-state index contributed by atoms with van der Waals surface area (Å²) in [6.45, 7) is 9.55. The molecule has 6 nitrogen and oxygen atoms in total. The van der Waals surface area contributed by atoms with Crippen LogP contribution >= 0.6 is 0 Å². The fourth-order valence-corrected chi connectivity index (χ4v) is 2.98. The topological polar surface area (TPSA) is 62.8 Å². The first kappa shape index (κ1) is 21.6. The van der Waals surface area contributed by atoms with Crippen LogP contribution in [-0.4, -0.2) is 63.5 Å². The Hall–Kier alpha value is -1.70. The highest BCUT2D eigenvalue weighted by atomic mass is 19.1. The molecule has 1 heterocycles. The summed E-state index contributed by atoms with van der Waals surface area (Å²) in [5, 5.41) is 5.79. The fourth-order valence-electron chi connectivity index (χ4n) is 2.98. The van der Waals surface area contributed by atoms with Crippen LogP contribution in [0.3, 0.4) is 0 Å². The number of nitrogens with zero attached hydrogens (tertiary/aromatic N) is 1. The van der Waals surface area contributed by atoms with Gasteiger partial charge in [-0.25, -0.2) is 9.18 Å². The zero-order valence-corrected chi connectivity index (χ0v) is 16.4. The lowest BCUT2D eigenvalue weighted by atomic mass is 10.0. The Bertz CT molecular complexity index is 548. The summed E-state index contributed by atoms with van der Waals surface area (Å²) in [6, 6.07) is 6.27. The summed E-state index contributed by atoms with van der Waals surface area (Å²) in [7, 11) is 0. The molecule has 1 fully saturated rings. The fraction of sp³-hybridized carbons (Fsp3) is 0.650. The Morgan fingerprint density at radius 1 is 1.22 bits per heavy atom. The van der Waals surface area contributed by atoms with Crippen LogP contribution in [0.2, 0.25) is 0 Å². The van der Waals surface area contributed by atoms with Crippen LogP contribution in [0.4, 0.5) is 9.18 Å². The molecule has 2 rings (SSSR count). The highest BCUT2D eigenvalue weighted by Gasteiger charge is 2.23. The number of hydrogen-bond donors (Lipinski definition) is 2. The maximum absolute atomic E-state index is 13.3. The smallest absolute Gasteiger partial charge is 0.314 e. The number of hydrogen-bond acceptors (Lipinski definition) is 4. The minimum atomic E-state index is -0.259. The number of amides is 2. The molecule has 1 unspecified atom stereocenters. The van der Waals surface area contributed by atoms with Gasteiger partial charge in [0.2, 0.25) is 0 Å². The molecule has 0 aromatic heterocycles. The SMILES string of the molecule is CC(C)COCCCNC(=O)NCC(c1ccc(F)cc1)N1CCOCC1. The Kier molecular flexibility index (Phi) is 9.52. The van der Waals surface area contributed by atoms with Gasteiger partial charge in [-0.15, -0.1) is 0 Å². The number of benzene rings is 1. The molecular formula is C20H32FN3O3. The highest BCUT2D eigenvalue weighted by molar-refractivity contribution is 5.73. The molecule has 0 aliphatic carbocycles. The first-order valence-corrected chi connectivity index (χ1v) is 9.73. The molecule has 1 aliphatic heterocycles. The number of halogens is 1. The van der Waals surface area contributed by atoms with Gasteiger partial charge < -0.3 is 20.1 Å². The number of rotatable bonds is 10. The summed E-state index contributed by atoms with van der Waals surface area (Å²) >= 11 is 0. The Labute approximate surface area is 161 Å². The second-order valence-electron chi connectivity index (χ2n) is 7.17. The lowest BCUT2D eigenvalue weighted by Gasteiger charge is -2.35. The van der Waals surface area contributed by atoms with Crippen molar-refractivity contribution in [2.45, 2.75) is 26.3 Å². The third-order valence-corrected chi connectivity index (χ3v) is 4.40. The van der Waals surface area contributed by atoms with Crippen LogP contribution in [0.15, 0.2) is 24.3 Å². The molecule has 152 valence electrons. The van der Waals surface area contributed by atoms with Gasteiger partial charge in [0.15, 0.2) is 0 Å². The molecule has 0 bridgehead atoms. The maximum atomic E-state index is 13.3. The second-order valence-corrected chi connectivity index (χ2v) is 7.17. The normalized spacial score (nSPS) is 16.3. The molecule has 27 heavy (non-hydrogen) atoms. The summed E-state index contributed by atoms with van der Waals surface area (Å²) in [6.07, 6.45) is 0.783. The molecular weight excluding hydrogens is 349 g/mol. The third kappa shape index (κ3) is 8.24. The van der Waals surface area contributed by atoms with E-state index >= 15 is 0 Å². The maximum Gasteiger partial charge on any atom is 0.314 e. The van der Waals surface area contributed by atoms with Gasteiger partial charge in [0, 0.05) is 39.4 Å². The third-order valence-electron chi connectivity index (χ3n) is 4.40. The van der Waals surface area contributed by atoms with E-state index in [1.54, 1.807) is 12.1 Å². The first-order valence-electron chi connectivity index (χ1n) is 9.73. The van der Waals surface area contributed by atoms with Crippen molar-refractivity contribution in [2.24, 2.45) is 5.92 Å². The number of morpholine rings is 1. The van der Waals surface area contributed by atoms with Crippen molar-refractivity contribution in [1.29, 1.82) is 0 Å². The number of urea groups is 1. The van der Waals surface area contributed by atoms with Crippen LogP contribution in [0.5, 0.6) is 0 Å². The molecule has 0 radical (unpaired) electrons. The standard InChI is InChI=1S/C20H32FN3O3/c1-16(2)15-27-11-3-8-22-20(25)23-14-19(24-9-12-26-13-10-24)17-4-6-18(21)7-5-17/h4-7,16,19H,3,8-15H2,1-2H3,(H2,22,23,25). The van der Waals surface area contributed by atoms with Crippen molar-refractivity contribution < 1.29 is 18.7 Å². The first-order chi connectivity index (χ1) is 13.1. The molecule has 1 aromatic rings. The number of nitrogens with one attached hydrogen (secondary N) is 2. The van der Waals surface area contributed by atoms with Crippen LogP contribution in [0.25, 0.3) is 0 Å². The van der Waals surface area contributed by atoms with Crippen molar-refractivity contribution >= 4 is 6.03 Å². The van der Waals surface area contributed by atoms with Gasteiger partial charge in [0.1, 0.15) is 5.82 Å². The van der Waals surface area contributed by atoms with Gasteiger partial charge in [-0.3, -0.25) is 4.90 Å². The summed E-state index contributed by atoms with van der Waals surface area (Å²) < 4.78 is 24.2. The Morgan fingerprint density at radius 3 is 2.59 bits per heavy atom. The van der Waals surface area contributed by atoms with E-state index < -0.39 is 0 Å². The van der Waals surface area contributed by atoms with Crippen LogP contribution in [0, 0.1) is 11.7 Å². The van der Waals surface area contributed by atoms with Gasteiger partial charge in [-0.2, -0.15) is 0 Å². The predicted molar refractivity (Wildman–Crippen MR) is 103 cm³/mol. The average molecular weight is 381 g/mol. The molecule has 1 saturated heterocycles. The zero-order chi connectivity index (χ0) is 19.5. The van der Waals surface area contributed by atoms with Crippen molar-refractivity contribution in [3.8, 4) is 0 Å². The average Bonchev–Trinajstić information content (AvgIpc) is 2.66. The van der Waals surface area contributed by atoms with Crippen molar-refractivity contribution in [1.82, 2.24) is 15.5 Å². The molecule has 1 aliphatic rings. The van der Waals surface area contributed by atoms with E-state index in [1.165, 1.54) is 12.1 Å². The van der Waals surface area contributed by atoms with Crippen molar-refractivity contribution in [2.75, 3.05) is 52.6 Å². The summed E-state index contributed by atoms with van der Waals surface area (Å²) in [4.78, 5) is 14.4. The van der Waals surface area contributed by atoms with Gasteiger partial charge in [0.05, 0.1) is 19.3 Å². The Balaban J connectivity index is 1.77. The number of carbonyl (C=O) groups is 1. The van der Waals surface area contributed by atoms with Gasteiger partial charge in [-0.1, -0.05) is 26.0 Å². The van der Waals surface area contributed by atoms with Gasteiger partial charge in [0.25, 0.3) is 0 Å². The minimum Gasteiger partial charge on any atom is -0.381 e. The van der Waals surface area contributed by atoms with Crippen molar-refractivity contribution in [3.05, 3.63) is 35.6 Å². The number of carbonyl (C=O) groups excluding carboxylic acids is 1. The van der Waals surface area contributed by atoms with E-state index in [-0.39, 0.29) is 17.9 Å². The van der Waals surface area contributed by atoms with Gasteiger partial charge in [-0.05, 0) is 30.0 Å². The molecule has 7 heteroatoms. The molecule has 2 N–H and O–H groups in total. The second kappa shape index (κ2) is 11.9. The zero-order valence-electron chi connectivity index (χ0n) is 16.4. The minimum absolute atomic E-state index is 0.00498. The molecule has 1 atom stereocenters. The predicted octanol–water partition coefficient (Wildman–Crippen LogP) is 2.56. The van der Waals surface area contributed by atoms with E-state index in [4.69, 9.17) is 9.47 Å². The van der Waals surface area contributed by atoms with E-state index in [2.05, 4.69) is 29.4 Å². The van der Waals surface area contributed by atoms with Crippen LogP contribution < -0.4 is 10.6 Å². The lowest BCUT2D eigenvalue weighted by molar-refractivity contribution is 0.0167. The quantitative estimate of drug-likeness (QED) is 0.612. The Morgan fingerprint density at radius 2 is 1.93 bits per heavy atom. The largest absolute Gasteiger partial charge is 0.381 e. The van der Waals surface area contributed by atoms with E-state index in [1.807, 2.05) is 0 Å². The molecule has 0 spiro atoms. The lowest BCUT2D eigenvalue weighted by Crippen LogP contribution is -2.46. The van der Waals surface area contributed by atoms with Crippen LogP contribution in [-0.2, 0) is 9.47 Å². The van der Waals surface area contributed by atoms with E-state index in [0.717, 1.165) is 31.7 Å². The van der Waals surface area contributed by atoms with E-state index in [0.29, 0.717) is 38.8 Å². The van der Waals surface area contributed by atoms with E-state index in [9.17, 15) is 9.18 Å². The van der Waals surface area contributed by atoms with Crippen molar-refractivity contribution in [3.63, 3.8) is 0 Å².